The Balaban J connectivity index is 2.91. The average molecular weight is 253 g/mol. The lowest BCUT2D eigenvalue weighted by molar-refractivity contribution is -0.141. The second-order valence-corrected chi connectivity index (χ2v) is 4.03. The number of aliphatic hydroxyl groups is 1. The van der Waals surface area contributed by atoms with Gasteiger partial charge < -0.3 is 20.6 Å². The van der Waals surface area contributed by atoms with Crippen molar-refractivity contribution in [1.29, 1.82) is 0 Å². The number of aromatic hydroxyl groups is 1. The first-order valence-corrected chi connectivity index (χ1v) is 5.34. The molecule has 0 saturated carbocycles. The molecular weight excluding hydrogens is 238 g/mol. The molecule has 0 fully saturated rings. The van der Waals surface area contributed by atoms with Gasteiger partial charge in [0.05, 0.1) is 6.10 Å². The van der Waals surface area contributed by atoms with Crippen molar-refractivity contribution in [3.05, 3.63) is 29.3 Å². The van der Waals surface area contributed by atoms with Crippen LogP contribution in [-0.2, 0) is 4.79 Å². The van der Waals surface area contributed by atoms with Crippen molar-refractivity contribution < 1.29 is 24.9 Å². The maximum absolute atomic E-state index is 11.8. The van der Waals surface area contributed by atoms with Crippen molar-refractivity contribution in [3.8, 4) is 5.75 Å². The fraction of sp³-hybridized carbons (Fsp3) is 0.333. The van der Waals surface area contributed by atoms with Crippen LogP contribution in [0.4, 0.5) is 0 Å². The lowest BCUT2D eigenvalue weighted by Gasteiger charge is -2.17. The number of aryl methyl sites for hydroxylation is 1. The van der Waals surface area contributed by atoms with Crippen LogP contribution in [0.3, 0.4) is 0 Å². The molecule has 2 atom stereocenters. The van der Waals surface area contributed by atoms with Gasteiger partial charge in [-0.3, -0.25) is 4.79 Å². The third-order valence-corrected chi connectivity index (χ3v) is 2.49. The molecule has 18 heavy (non-hydrogen) atoms. The molecule has 4 N–H and O–H groups in total. The van der Waals surface area contributed by atoms with Crippen LogP contribution in [0, 0.1) is 6.92 Å². The molecule has 0 aliphatic heterocycles. The van der Waals surface area contributed by atoms with Crippen LogP contribution in [0.5, 0.6) is 5.75 Å². The lowest BCUT2D eigenvalue weighted by atomic mass is 10.1. The summed E-state index contributed by atoms with van der Waals surface area (Å²) in [6, 6.07) is 2.75. The molecule has 98 valence electrons. The highest BCUT2D eigenvalue weighted by molar-refractivity contribution is 5.98. The van der Waals surface area contributed by atoms with Crippen molar-refractivity contribution in [1.82, 2.24) is 5.32 Å². The second kappa shape index (κ2) is 5.50. The van der Waals surface area contributed by atoms with E-state index >= 15 is 0 Å². The summed E-state index contributed by atoms with van der Waals surface area (Å²) in [4.78, 5) is 22.7. The zero-order chi connectivity index (χ0) is 13.9. The molecule has 1 rings (SSSR count). The number of hydrogen-bond acceptors (Lipinski definition) is 4. The van der Waals surface area contributed by atoms with Crippen LogP contribution < -0.4 is 5.32 Å². The van der Waals surface area contributed by atoms with E-state index in [0.717, 1.165) is 0 Å². The second-order valence-electron chi connectivity index (χ2n) is 4.03. The molecule has 0 aromatic heterocycles. The van der Waals surface area contributed by atoms with Gasteiger partial charge in [0.1, 0.15) is 5.75 Å². The molecule has 0 aliphatic rings. The summed E-state index contributed by atoms with van der Waals surface area (Å²) in [5.41, 5.74) is 0.766. The van der Waals surface area contributed by atoms with Crippen molar-refractivity contribution in [3.63, 3.8) is 0 Å². The summed E-state index contributed by atoms with van der Waals surface area (Å²) < 4.78 is 0. The van der Waals surface area contributed by atoms with Gasteiger partial charge in [-0.1, -0.05) is 0 Å². The van der Waals surface area contributed by atoms with E-state index in [1.165, 1.54) is 25.1 Å². The van der Waals surface area contributed by atoms with Gasteiger partial charge in [-0.05, 0) is 37.6 Å². The molecule has 0 radical (unpaired) electrons. The normalized spacial score (nSPS) is 13.7. The molecule has 0 aliphatic carbocycles. The predicted molar refractivity (Wildman–Crippen MR) is 63.4 cm³/mol. The number of phenolic OH excluding ortho intramolecular Hbond substituents is 1. The van der Waals surface area contributed by atoms with Gasteiger partial charge in [0.25, 0.3) is 5.91 Å². The van der Waals surface area contributed by atoms with Crippen LogP contribution in [0.1, 0.15) is 22.8 Å². The number of carboxylic acid groups (broad SMARTS) is 1. The van der Waals surface area contributed by atoms with E-state index in [2.05, 4.69) is 5.32 Å². The van der Waals surface area contributed by atoms with Gasteiger partial charge in [0.2, 0.25) is 0 Å². The minimum absolute atomic E-state index is 0.0226. The number of benzene rings is 1. The van der Waals surface area contributed by atoms with Crippen LogP contribution in [0.25, 0.3) is 0 Å². The maximum atomic E-state index is 11.8. The Morgan fingerprint density at radius 3 is 2.39 bits per heavy atom. The highest BCUT2D eigenvalue weighted by Crippen LogP contribution is 2.15. The zero-order valence-corrected chi connectivity index (χ0v) is 10.0. The molecule has 1 aromatic rings. The monoisotopic (exact) mass is 253 g/mol. The number of carbonyl (C=O) groups is 2. The lowest BCUT2D eigenvalue weighted by Crippen LogP contribution is -2.47. The molecule has 1 amide bonds. The van der Waals surface area contributed by atoms with Gasteiger partial charge >= 0.3 is 5.97 Å². The van der Waals surface area contributed by atoms with E-state index in [9.17, 15) is 19.8 Å². The Morgan fingerprint density at radius 1 is 1.33 bits per heavy atom. The number of hydrogen-bond donors (Lipinski definition) is 4. The number of aliphatic hydroxyl groups excluding tert-OH is 1. The van der Waals surface area contributed by atoms with Crippen LogP contribution in [-0.4, -0.2) is 39.3 Å². The van der Waals surface area contributed by atoms with Crippen LogP contribution >= 0.6 is 0 Å². The van der Waals surface area contributed by atoms with Crippen molar-refractivity contribution in [2.45, 2.75) is 26.0 Å². The summed E-state index contributed by atoms with van der Waals surface area (Å²) in [6.07, 6.45) is -1.20. The summed E-state index contributed by atoms with van der Waals surface area (Å²) in [6.45, 7) is 2.90. The van der Waals surface area contributed by atoms with Crippen LogP contribution in [0.2, 0.25) is 0 Å². The number of aliphatic carboxylic acids is 1. The Labute approximate surface area is 104 Å². The SMILES string of the molecule is Cc1cc(O)ccc1C(=O)NC(C(=O)O)C(C)O. The fourth-order valence-corrected chi connectivity index (χ4v) is 1.51. The van der Waals surface area contributed by atoms with E-state index in [4.69, 9.17) is 5.11 Å². The van der Waals surface area contributed by atoms with Gasteiger partial charge in [0, 0.05) is 5.56 Å². The first-order valence-electron chi connectivity index (χ1n) is 5.34. The first kappa shape index (κ1) is 14.0. The number of rotatable bonds is 4. The average Bonchev–Trinajstić information content (AvgIpc) is 2.24. The first-order chi connectivity index (χ1) is 8.32. The van der Waals surface area contributed by atoms with E-state index in [-0.39, 0.29) is 11.3 Å². The number of carbonyl (C=O) groups excluding carboxylic acids is 1. The Kier molecular flexibility index (Phi) is 4.28. The van der Waals surface area contributed by atoms with Crippen LogP contribution in [0.15, 0.2) is 18.2 Å². The molecule has 0 bridgehead atoms. The molecular formula is C12H15NO5. The third kappa shape index (κ3) is 3.21. The molecule has 6 nitrogen and oxygen atoms in total. The minimum atomic E-state index is -1.37. The predicted octanol–water partition coefficient (Wildman–Crippen LogP) is 0.264. The van der Waals surface area contributed by atoms with E-state index in [0.29, 0.717) is 5.56 Å². The Hall–Kier alpha value is -2.08. The Morgan fingerprint density at radius 2 is 1.94 bits per heavy atom. The summed E-state index contributed by atoms with van der Waals surface area (Å²) in [5, 5.41) is 29.5. The number of phenols is 1. The van der Waals surface area contributed by atoms with E-state index in [1.807, 2.05) is 0 Å². The maximum Gasteiger partial charge on any atom is 0.328 e. The zero-order valence-electron chi connectivity index (χ0n) is 10.0. The third-order valence-electron chi connectivity index (χ3n) is 2.49. The number of carboxylic acids is 1. The molecule has 0 heterocycles. The fourth-order valence-electron chi connectivity index (χ4n) is 1.51. The topological polar surface area (TPSA) is 107 Å². The highest BCUT2D eigenvalue weighted by atomic mass is 16.4. The smallest absolute Gasteiger partial charge is 0.328 e. The Bertz CT molecular complexity index is 470. The van der Waals surface area contributed by atoms with Gasteiger partial charge in [-0.25, -0.2) is 4.79 Å². The number of nitrogens with one attached hydrogen (secondary N) is 1. The molecule has 0 saturated heterocycles. The van der Waals surface area contributed by atoms with Crippen molar-refractivity contribution in [2.75, 3.05) is 0 Å². The van der Waals surface area contributed by atoms with Gasteiger partial charge in [-0.2, -0.15) is 0 Å². The summed E-state index contributed by atoms with van der Waals surface area (Å²) in [7, 11) is 0. The van der Waals surface area contributed by atoms with Crippen molar-refractivity contribution >= 4 is 11.9 Å². The van der Waals surface area contributed by atoms with E-state index < -0.39 is 24.0 Å². The highest BCUT2D eigenvalue weighted by Gasteiger charge is 2.25. The minimum Gasteiger partial charge on any atom is -0.508 e. The van der Waals surface area contributed by atoms with Crippen molar-refractivity contribution in [2.24, 2.45) is 0 Å². The standard InChI is InChI=1S/C12H15NO5/c1-6-5-8(15)3-4-9(6)11(16)13-10(7(2)14)12(17)18/h3-5,7,10,14-15H,1-2H3,(H,13,16)(H,17,18). The quantitative estimate of drug-likeness (QED) is 0.616. The van der Waals surface area contributed by atoms with Gasteiger partial charge in [-0.15, -0.1) is 0 Å². The summed E-state index contributed by atoms with van der Waals surface area (Å²) >= 11 is 0. The molecule has 2 unspecified atom stereocenters. The molecule has 6 heteroatoms. The number of amides is 1. The molecule has 0 spiro atoms. The molecule has 1 aromatic carbocycles. The van der Waals surface area contributed by atoms with E-state index in [1.54, 1.807) is 6.92 Å². The van der Waals surface area contributed by atoms with Gasteiger partial charge in [0.15, 0.2) is 6.04 Å². The summed E-state index contributed by atoms with van der Waals surface area (Å²) in [5.74, 6) is -1.90. The largest absolute Gasteiger partial charge is 0.508 e.